The molecule has 11 aromatic rings. The second kappa shape index (κ2) is 14.4. The van der Waals surface area contributed by atoms with Gasteiger partial charge < -0.3 is 4.90 Å². The van der Waals surface area contributed by atoms with Crippen molar-refractivity contribution in [1.29, 1.82) is 0 Å². The largest absolute Gasteiger partial charge is 0.310 e. The number of rotatable bonds is 7. The van der Waals surface area contributed by atoms with Gasteiger partial charge in [0, 0.05) is 37.1 Å². The Morgan fingerprint density at radius 1 is 0.293 bits per heavy atom. The molecule has 0 radical (unpaired) electrons. The van der Waals surface area contributed by atoms with E-state index in [-0.39, 0.29) is 0 Å². The summed E-state index contributed by atoms with van der Waals surface area (Å²) in [5.41, 5.74) is 13.0. The topological polar surface area (TPSA) is 3.24 Å². The first-order valence-corrected chi connectivity index (χ1v) is 20.6. The smallest absolute Gasteiger partial charge is 0.0540 e. The molecule has 1 heterocycles. The highest BCUT2D eigenvalue weighted by molar-refractivity contribution is 7.25. The van der Waals surface area contributed by atoms with Crippen molar-refractivity contribution in [3.63, 3.8) is 0 Å². The van der Waals surface area contributed by atoms with E-state index >= 15 is 0 Å². The molecular weight excluding hydrogens is 719 g/mol. The predicted molar refractivity (Wildman–Crippen MR) is 251 cm³/mol. The molecule has 272 valence electrons. The van der Waals surface area contributed by atoms with Crippen molar-refractivity contribution in [2.45, 2.75) is 0 Å². The van der Waals surface area contributed by atoms with Gasteiger partial charge in [0.1, 0.15) is 0 Å². The lowest BCUT2D eigenvalue weighted by Gasteiger charge is -2.28. The molecular formula is C56H37NS. The number of anilines is 3. The maximum Gasteiger partial charge on any atom is 0.0540 e. The van der Waals surface area contributed by atoms with Crippen molar-refractivity contribution in [3.8, 4) is 44.5 Å². The summed E-state index contributed by atoms with van der Waals surface area (Å²) in [7, 11) is 0. The highest BCUT2D eigenvalue weighted by atomic mass is 32.1. The Bertz CT molecular complexity index is 3260. The van der Waals surface area contributed by atoms with E-state index in [0.29, 0.717) is 0 Å². The zero-order valence-electron chi connectivity index (χ0n) is 31.7. The fourth-order valence-electron chi connectivity index (χ4n) is 8.62. The molecule has 1 aromatic heterocycles. The summed E-state index contributed by atoms with van der Waals surface area (Å²) in [6.07, 6.45) is 0. The first kappa shape index (κ1) is 34.0. The predicted octanol–water partition coefficient (Wildman–Crippen LogP) is 16.5. The zero-order chi connectivity index (χ0) is 38.4. The average molecular weight is 756 g/mol. The van der Waals surface area contributed by atoms with Gasteiger partial charge in [-0.2, -0.15) is 0 Å². The molecule has 58 heavy (non-hydrogen) atoms. The summed E-state index contributed by atoms with van der Waals surface area (Å²) in [5.74, 6) is 0. The van der Waals surface area contributed by atoms with E-state index < -0.39 is 0 Å². The second-order valence-corrected chi connectivity index (χ2v) is 16.0. The highest BCUT2D eigenvalue weighted by Gasteiger charge is 2.19. The van der Waals surface area contributed by atoms with Gasteiger partial charge in [-0.3, -0.25) is 0 Å². The molecule has 10 aromatic carbocycles. The molecule has 0 saturated carbocycles. The molecule has 0 amide bonds. The Morgan fingerprint density at radius 3 is 1.59 bits per heavy atom. The molecule has 0 aliphatic carbocycles. The first-order valence-electron chi connectivity index (χ1n) is 19.8. The van der Waals surface area contributed by atoms with E-state index in [1.807, 2.05) is 11.3 Å². The van der Waals surface area contributed by atoms with E-state index in [0.717, 1.165) is 17.1 Å². The third-order valence-electron chi connectivity index (χ3n) is 11.5. The maximum atomic E-state index is 2.41. The Kier molecular flexibility index (Phi) is 8.42. The number of hydrogen-bond acceptors (Lipinski definition) is 2. The number of para-hydroxylation sites is 1. The summed E-state index contributed by atoms with van der Waals surface area (Å²) in [6.45, 7) is 0. The van der Waals surface area contributed by atoms with Crippen molar-refractivity contribution >= 4 is 70.1 Å². The minimum atomic E-state index is 1.10. The first-order chi connectivity index (χ1) is 28.7. The van der Waals surface area contributed by atoms with Gasteiger partial charge in [0.05, 0.1) is 5.69 Å². The van der Waals surface area contributed by atoms with Crippen LogP contribution in [0.4, 0.5) is 17.1 Å². The van der Waals surface area contributed by atoms with Crippen LogP contribution in [0.25, 0.3) is 86.2 Å². The van der Waals surface area contributed by atoms with E-state index in [1.54, 1.807) is 0 Å². The Balaban J connectivity index is 0.998. The van der Waals surface area contributed by atoms with Crippen LogP contribution in [-0.4, -0.2) is 0 Å². The van der Waals surface area contributed by atoms with Gasteiger partial charge in [0.25, 0.3) is 0 Å². The molecule has 0 aliphatic heterocycles. The molecule has 11 rings (SSSR count). The van der Waals surface area contributed by atoms with Gasteiger partial charge in [0.15, 0.2) is 0 Å². The number of benzene rings is 10. The molecule has 0 unspecified atom stereocenters. The molecule has 0 atom stereocenters. The second-order valence-electron chi connectivity index (χ2n) is 14.9. The number of nitrogens with zero attached hydrogens (tertiary/aromatic N) is 1. The van der Waals surface area contributed by atoms with Crippen molar-refractivity contribution in [2.24, 2.45) is 0 Å². The van der Waals surface area contributed by atoms with E-state index in [9.17, 15) is 0 Å². The number of hydrogen-bond donors (Lipinski definition) is 0. The number of fused-ring (bicyclic) bond motifs is 5. The molecule has 0 N–H and O–H groups in total. The standard InChI is InChI=1S/C56H37NS/c1-2-13-44-37-45(28-25-38(44)11-1)50-16-5-7-20-53(50)57(47-35-31-43(32-36-47)51-19-10-22-55-56(51)52-17-6-8-21-54(52)58-55)46-33-29-40(30-34-46)39-23-26-42(27-24-39)49-18-9-14-41-12-3-4-15-48(41)49/h1-37H. The SMILES string of the molecule is c1ccc(N(c2ccc(-c3ccc(-c4cccc5ccccc45)cc3)cc2)c2ccc(-c3cccc4sc5ccccc5c34)cc2)c(-c2ccc3ccccc3c2)c1. The monoisotopic (exact) mass is 755 g/mol. The quantitative estimate of drug-likeness (QED) is 0.157. The van der Waals surface area contributed by atoms with Crippen molar-refractivity contribution in [2.75, 3.05) is 4.90 Å². The molecule has 0 spiro atoms. The van der Waals surface area contributed by atoms with Crippen molar-refractivity contribution in [3.05, 3.63) is 224 Å². The van der Waals surface area contributed by atoms with Gasteiger partial charge in [-0.15, -0.1) is 11.3 Å². The molecule has 2 heteroatoms. The lowest BCUT2D eigenvalue weighted by atomic mass is 9.96. The summed E-state index contributed by atoms with van der Waals surface area (Å²) in [4.78, 5) is 2.41. The van der Waals surface area contributed by atoms with Crippen LogP contribution < -0.4 is 4.90 Å². The Labute approximate surface area is 342 Å². The van der Waals surface area contributed by atoms with E-state index in [4.69, 9.17) is 0 Å². The molecule has 1 nitrogen and oxygen atoms in total. The Hall–Kier alpha value is -7.26. The molecule has 0 fully saturated rings. The van der Waals surface area contributed by atoms with Crippen LogP contribution in [-0.2, 0) is 0 Å². The third kappa shape index (κ3) is 6.03. The molecule has 0 saturated heterocycles. The Morgan fingerprint density at radius 2 is 0.793 bits per heavy atom. The minimum Gasteiger partial charge on any atom is -0.310 e. The summed E-state index contributed by atoms with van der Waals surface area (Å²) < 4.78 is 2.64. The fourth-order valence-corrected chi connectivity index (χ4v) is 9.76. The van der Waals surface area contributed by atoms with Gasteiger partial charge >= 0.3 is 0 Å². The van der Waals surface area contributed by atoms with Crippen LogP contribution >= 0.6 is 11.3 Å². The van der Waals surface area contributed by atoms with Crippen molar-refractivity contribution in [1.82, 2.24) is 0 Å². The van der Waals surface area contributed by atoms with Crippen LogP contribution in [0.15, 0.2) is 224 Å². The highest BCUT2D eigenvalue weighted by Crippen LogP contribution is 2.44. The lowest BCUT2D eigenvalue weighted by molar-refractivity contribution is 1.28. The van der Waals surface area contributed by atoms with Gasteiger partial charge in [-0.1, -0.05) is 176 Å². The zero-order valence-corrected chi connectivity index (χ0v) is 32.5. The summed E-state index contributed by atoms with van der Waals surface area (Å²) >= 11 is 1.86. The average Bonchev–Trinajstić information content (AvgIpc) is 3.69. The van der Waals surface area contributed by atoms with Crippen LogP contribution in [0.5, 0.6) is 0 Å². The lowest BCUT2D eigenvalue weighted by Crippen LogP contribution is -2.11. The van der Waals surface area contributed by atoms with Crippen molar-refractivity contribution < 1.29 is 0 Å². The normalized spacial score (nSPS) is 11.4. The van der Waals surface area contributed by atoms with Crippen LogP contribution in [0.1, 0.15) is 0 Å². The molecule has 0 aliphatic rings. The van der Waals surface area contributed by atoms with Crippen LogP contribution in [0, 0.1) is 0 Å². The number of thiophene rings is 1. The van der Waals surface area contributed by atoms with Gasteiger partial charge in [-0.05, 0) is 109 Å². The van der Waals surface area contributed by atoms with Crippen LogP contribution in [0.2, 0.25) is 0 Å². The van der Waals surface area contributed by atoms with E-state index in [2.05, 4.69) is 229 Å². The minimum absolute atomic E-state index is 1.10. The van der Waals surface area contributed by atoms with Gasteiger partial charge in [-0.25, -0.2) is 0 Å². The molecule has 0 bridgehead atoms. The fraction of sp³-hybridized carbons (Fsp3) is 0. The van der Waals surface area contributed by atoms with Gasteiger partial charge in [0.2, 0.25) is 0 Å². The maximum absolute atomic E-state index is 2.41. The third-order valence-corrected chi connectivity index (χ3v) is 12.6. The van der Waals surface area contributed by atoms with Crippen LogP contribution in [0.3, 0.4) is 0 Å². The summed E-state index contributed by atoms with van der Waals surface area (Å²) in [6, 6.07) is 81.9. The summed E-state index contributed by atoms with van der Waals surface area (Å²) in [5, 5.41) is 7.65. The van der Waals surface area contributed by atoms with E-state index in [1.165, 1.54) is 86.2 Å².